The topological polar surface area (TPSA) is 69.4 Å². The van der Waals surface area contributed by atoms with Gasteiger partial charge in [0.15, 0.2) is 0 Å². The van der Waals surface area contributed by atoms with Crippen LogP contribution in [0.15, 0.2) is 0 Å². The van der Waals surface area contributed by atoms with Gasteiger partial charge in [0.2, 0.25) is 10.0 Å². The molecule has 0 amide bonds. The van der Waals surface area contributed by atoms with Gasteiger partial charge in [-0.05, 0) is 37.5 Å². The van der Waals surface area contributed by atoms with Gasteiger partial charge in [-0.15, -0.1) is 0 Å². The summed E-state index contributed by atoms with van der Waals surface area (Å²) >= 11 is 0. The monoisotopic (exact) mass is 265 g/mol. The van der Waals surface area contributed by atoms with Crippen molar-refractivity contribution in [2.45, 2.75) is 46.5 Å². The highest BCUT2D eigenvalue weighted by Gasteiger charge is 2.08. The van der Waals surface area contributed by atoms with E-state index in [-0.39, 0.29) is 5.75 Å². The Bertz CT molecular complexity index is 275. The van der Waals surface area contributed by atoms with Gasteiger partial charge in [-0.3, -0.25) is 0 Å². The Labute approximate surface area is 106 Å². The predicted octanol–water partition coefficient (Wildman–Crippen LogP) is 2.14. The van der Waals surface area contributed by atoms with Crippen molar-refractivity contribution < 1.29 is 13.2 Å². The molecule has 0 rings (SSSR count). The van der Waals surface area contributed by atoms with Crippen molar-refractivity contribution in [3.05, 3.63) is 0 Å². The van der Waals surface area contributed by atoms with E-state index in [0.717, 1.165) is 25.4 Å². The molecule has 17 heavy (non-hydrogen) atoms. The van der Waals surface area contributed by atoms with Crippen molar-refractivity contribution in [1.29, 1.82) is 0 Å². The molecule has 104 valence electrons. The van der Waals surface area contributed by atoms with Crippen LogP contribution in [0.1, 0.15) is 46.5 Å². The fourth-order valence-electron chi connectivity index (χ4n) is 1.49. The largest absolute Gasteiger partial charge is 0.381 e. The van der Waals surface area contributed by atoms with Crippen molar-refractivity contribution in [3.63, 3.8) is 0 Å². The second-order valence-corrected chi connectivity index (χ2v) is 6.93. The number of rotatable bonds is 10. The van der Waals surface area contributed by atoms with Gasteiger partial charge in [-0.25, -0.2) is 13.6 Å². The van der Waals surface area contributed by atoms with Gasteiger partial charge in [0.25, 0.3) is 0 Å². The lowest BCUT2D eigenvalue weighted by Gasteiger charge is -2.11. The second-order valence-electron chi connectivity index (χ2n) is 5.20. The van der Waals surface area contributed by atoms with E-state index in [4.69, 9.17) is 9.88 Å². The first-order valence-corrected chi connectivity index (χ1v) is 8.11. The third kappa shape index (κ3) is 13.8. The average molecular weight is 265 g/mol. The van der Waals surface area contributed by atoms with Gasteiger partial charge in [-0.1, -0.05) is 20.8 Å². The lowest BCUT2D eigenvalue weighted by molar-refractivity contribution is 0.116. The maximum absolute atomic E-state index is 10.8. The van der Waals surface area contributed by atoms with Crippen molar-refractivity contribution >= 4 is 10.0 Å². The molecule has 5 heteroatoms. The Kier molecular flexibility index (Phi) is 8.82. The summed E-state index contributed by atoms with van der Waals surface area (Å²) < 4.78 is 27.0. The Balaban J connectivity index is 3.36. The molecule has 0 aromatic rings. The van der Waals surface area contributed by atoms with E-state index in [2.05, 4.69) is 13.8 Å². The van der Waals surface area contributed by atoms with Crippen LogP contribution in [0.25, 0.3) is 0 Å². The molecule has 0 aromatic heterocycles. The molecule has 0 saturated carbocycles. The van der Waals surface area contributed by atoms with E-state index in [1.165, 1.54) is 6.42 Å². The molecule has 0 saturated heterocycles. The lowest BCUT2D eigenvalue weighted by Crippen LogP contribution is -2.18. The van der Waals surface area contributed by atoms with E-state index in [1.807, 2.05) is 6.92 Å². The molecule has 0 aromatic carbocycles. The van der Waals surface area contributed by atoms with E-state index in [9.17, 15) is 8.42 Å². The predicted molar refractivity (Wildman–Crippen MR) is 71.3 cm³/mol. The highest BCUT2D eigenvalue weighted by molar-refractivity contribution is 7.89. The molecule has 0 aliphatic rings. The van der Waals surface area contributed by atoms with Crippen LogP contribution in [0.5, 0.6) is 0 Å². The summed E-state index contributed by atoms with van der Waals surface area (Å²) in [4.78, 5) is 0. The fraction of sp³-hybridized carbons (Fsp3) is 1.00. The van der Waals surface area contributed by atoms with Crippen molar-refractivity contribution in [3.8, 4) is 0 Å². The van der Waals surface area contributed by atoms with Crippen LogP contribution in [0.3, 0.4) is 0 Å². The molecular formula is C12H27NO3S. The SMILES string of the molecule is CC(C)CCCOCCC(C)CCS(N)(=O)=O. The zero-order chi connectivity index (χ0) is 13.3. The third-order valence-electron chi connectivity index (χ3n) is 2.72. The summed E-state index contributed by atoms with van der Waals surface area (Å²) in [6, 6.07) is 0. The van der Waals surface area contributed by atoms with Crippen molar-refractivity contribution in [2.24, 2.45) is 17.0 Å². The molecule has 0 spiro atoms. The maximum atomic E-state index is 10.8. The summed E-state index contributed by atoms with van der Waals surface area (Å²) in [7, 11) is -3.31. The first-order chi connectivity index (χ1) is 7.81. The molecule has 0 bridgehead atoms. The zero-order valence-electron chi connectivity index (χ0n) is 11.3. The molecule has 0 fully saturated rings. The Morgan fingerprint density at radius 2 is 1.71 bits per heavy atom. The highest BCUT2D eigenvalue weighted by atomic mass is 32.2. The second kappa shape index (κ2) is 8.89. The number of hydrogen-bond donors (Lipinski definition) is 1. The van der Waals surface area contributed by atoms with Gasteiger partial charge in [0.1, 0.15) is 0 Å². The van der Waals surface area contributed by atoms with Gasteiger partial charge in [0.05, 0.1) is 5.75 Å². The Morgan fingerprint density at radius 3 is 2.24 bits per heavy atom. The molecular weight excluding hydrogens is 238 g/mol. The summed E-state index contributed by atoms with van der Waals surface area (Å²) in [6.07, 6.45) is 3.82. The third-order valence-corrected chi connectivity index (χ3v) is 3.53. The van der Waals surface area contributed by atoms with E-state index >= 15 is 0 Å². The first-order valence-electron chi connectivity index (χ1n) is 6.39. The molecule has 0 heterocycles. The number of hydrogen-bond acceptors (Lipinski definition) is 3. The van der Waals surface area contributed by atoms with Crippen LogP contribution in [0.4, 0.5) is 0 Å². The molecule has 0 aliphatic heterocycles. The van der Waals surface area contributed by atoms with Crippen LogP contribution in [-0.2, 0) is 14.8 Å². The summed E-state index contributed by atoms with van der Waals surface area (Å²) in [6.45, 7) is 7.96. The average Bonchev–Trinajstić information content (AvgIpc) is 2.19. The molecule has 0 aliphatic carbocycles. The molecule has 2 N–H and O–H groups in total. The summed E-state index contributed by atoms with van der Waals surface area (Å²) in [5, 5.41) is 4.95. The Morgan fingerprint density at radius 1 is 1.06 bits per heavy atom. The van der Waals surface area contributed by atoms with Crippen LogP contribution >= 0.6 is 0 Å². The Hall–Kier alpha value is -0.130. The minimum absolute atomic E-state index is 0.0709. The van der Waals surface area contributed by atoms with Crippen LogP contribution in [0, 0.1) is 11.8 Å². The summed E-state index contributed by atoms with van der Waals surface area (Å²) in [5.74, 6) is 1.15. The van der Waals surface area contributed by atoms with Gasteiger partial charge in [-0.2, -0.15) is 0 Å². The van der Waals surface area contributed by atoms with E-state index in [0.29, 0.717) is 18.9 Å². The molecule has 0 radical (unpaired) electrons. The quantitative estimate of drug-likeness (QED) is 0.615. The van der Waals surface area contributed by atoms with Crippen molar-refractivity contribution in [2.75, 3.05) is 19.0 Å². The normalized spacial score (nSPS) is 14.2. The van der Waals surface area contributed by atoms with Gasteiger partial charge < -0.3 is 4.74 Å². The van der Waals surface area contributed by atoms with Crippen molar-refractivity contribution in [1.82, 2.24) is 0 Å². The number of sulfonamides is 1. The molecule has 1 atom stereocenters. The molecule has 4 nitrogen and oxygen atoms in total. The lowest BCUT2D eigenvalue weighted by atomic mass is 10.1. The van der Waals surface area contributed by atoms with Crippen LogP contribution in [0.2, 0.25) is 0 Å². The van der Waals surface area contributed by atoms with Crippen LogP contribution < -0.4 is 5.14 Å². The maximum Gasteiger partial charge on any atom is 0.209 e. The van der Waals surface area contributed by atoms with E-state index < -0.39 is 10.0 Å². The molecule has 1 unspecified atom stereocenters. The van der Waals surface area contributed by atoms with Gasteiger partial charge in [0, 0.05) is 13.2 Å². The fourth-order valence-corrected chi connectivity index (χ4v) is 2.22. The van der Waals surface area contributed by atoms with Gasteiger partial charge >= 0.3 is 0 Å². The number of nitrogens with two attached hydrogens (primary N) is 1. The summed E-state index contributed by atoms with van der Waals surface area (Å²) in [5.41, 5.74) is 0. The standard InChI is InChI=1S/C12H27NO3S/c1-11(2)5-4-8-16-9-6-12(3)7-10-17(13,14)15/h11-12H,4-10H2,1-3H3,(H2,13,14,15). The smallest absolute Gasteiger partial charge is 0.209 e. The first kappa shape index (κ1) is 16.9. The van der Waals surface area contributed by atoms with E-state index in [1.54, 1.807) is 0 Å². The highest BCUT2D eigenvalue weighted by Crippen LogP contribution is 2.09. The number of ether oxygens (including phenoxy) is 1. The number of primary sulfonamides is 1. The minimum Gasteiger partial charge on any atom is -0.381 e. The van der Waals surface area contributed by atoms with Crippen LogP contribution in [-0.4, -0.2) is 27.4 Å². The minimum atomic E-state index is -3.31. The zero-order valence-corrected chi connectivity index (χ0v) is 12.1.